The Labute approximate surface area is 224 Å². The Hall–Kier alpha value is -3.98. The lowest BCUT2D eigenvalue weighted by Gasteiger charge is -2.10. The van der Waals surface area contributed by atoms with Crippen LogP contribution in [-0.2, 0) is 20.9 Å². The van der Waals surface area contributed by atoms with Crippen molar-refractivity contribution in [3.63, 3.8) is 0 Å². The first-order valence-corrected chi connectivity index (χ1v) is 12.5. The molecule has 0 saturated carbocycles. The molecule has 0 radical (unpaired) electrons. The van der Waals surface area contributed by atoms with Crippen LogP contribution in [0.3, 0.4) is 0 Å². The summed E-state index contributed by atoms with van der Waals surface area (Å²) in [4.78, 5) is 36.3. The number of amides is 3. The van der Waals surface area contributed by atoms with Crippen LogP contribution < -0.4 is 20.8 Å². The third-order valence-electron chi connectivity index (χ3n) is 5.38. The van der Waals surface area contributed by atoms with Gasteiger partial charge >= 0.3 is 11.8 Å². The summed E-state index contributed by atoms with van der Waals surface area (Å²) in [6, 6.07) is 20.3. The lowest BCUT2D eigenvalue weighted by atomic mass is 10.0. The molecule has 0 spiro atoms. The minimum atomic E-state index is -0.873. The summed E-state index contributed by atoms with van der Waals surface area (Å²) >= 11 is 3.39. The molecule has 9 heteroatoms. The zero-order valence-electron chi connectivity index (χ0n) is 20.9. The summed E-state index contributed by atoms with van der Waals surface area (Å²) in [7, 11) is 0. The fourth-order valence-electron chi connectivity index (χ4n) is 3.29. The molecule has 3 aromatic carbocycles. The van der Waals surface area contributed by atoms with Gasteiger partial charge in [0.2, 0.25) is 0 Å². The van der Waals surface area contributed by atoms with Crippen LogP contribution in [0.1, 0.15) is 42.0 Å². The van der Waals surface area contributed by atoms with Gasteiger partial charge in [0.15, 0.2) is 6.61 Å². The molecule has 0 aromatic heterocycles. The monoisotopic (exact) mass is 564 g/mol. The Morgan fingerprint density at radius 3 is 2.46 bits per heavy atom. The predicted molar refractivity (Wildman–Crippen MR) is 148 cm³/mol. The first-order chi connectivity index (χ1) is 17.7. The number of hydrogen-bond acceptors (Lipinski definition) is 5. The van der Waals surface area contributed by atoms with Crippen molar-refractivity contribution in [1.82, 2.24) is 10.7 Å². The minimum Gasteiger partial charge on any atom is -0.484 e. The molecule has 0 unspecified atom stereocenters. The highest BCUT2D eigenvalue weighted by molar-refractivity contribution is 9.10. The van der Waals surface area contributed by atoms with Crippen molar-refractivity contribution in [2.24, 2.45) is 5.10 Å². The van der Waals surface area contributed by atoms with E-state index in [1.54, 1.807) is 24.3 Å². The van der Waals surface area contributed by atoms with Gasteiger partial charge in [0, 0.05) is 16.7 Å². The molecule has 0 fully saturated rings. The Bertz CT molecular complexity index is 1290. The quantitative estimate of drug-likeness (QED) is 0.199. The number of nitrogens with one attached hydrogen (secondary N) is 3. The molecule has 0 bridgehead atoms. The van der Waals surface area contributed by atoms with Crippen LogP contribution >= 0.6 is 15.9 Å². The van der Waals surface area contributed by atoms with Crippen LogP contribution in [0.4, 0.5) is 5.69 Å². The molecule has 8 nitrogen and oxygen atoms in total. The average Bonchev–Trinajstić information content (AvgIpc) is 2.88. The number of hydrazone groups is 1. The molecule has 0 aliphatic rings. The SMILES string of the molecule is Cc1cc(Br)ccc1NC(=O)COc1cccc(/C=N\NC(=O)C(=O)NCc2ccc(C(C)C)cc2)c1. The van der Waals surface area contributed by atoms with E-state index >= 15 is 0 Å². The number of ether oxygens (including phenoxy) is 1. The maximum Gasteiger partial charge on any atom is 0.329 e. The number of rotatable bonds is 9. The number of anilines is 1. The van der Waals surface area contributed by atoms with E-state index in [0.29, 0.717) is 22.9 Å². The van der Waals surface area contributed by atoms with E-state index in [2.05, 4.69) is 50.9 Å². The van der Waals surface area contributed by atoms with Gasteiger partial charge in [-0.15, -0.1) is 0 Å². The maximum absolute atomic E-state index is 12.2. The van der Waals surface area contributed by atoms with Crippen molar-refractivity contribution in [3.8, 4) is 5.75 Å². The molecule has 3 aromatic rings. The largest absolute Gasteiger partial charge is 0.484 e. The van der Waals surface area contributed by atoms with Gasteiger partial charge in [-0.2, -0.15) is 5.10 Å². The van der Waals surface area contributed by atoms with Crippen LogP contribution in [-0.4, -0.2) is 30.5 Å². The molecule has 3 N–H and O–H groups in total. The van der Waals surface area contributed by atoms with Crippen molar-refractivity contribution in [2.75, 3.05) is 11.9 Å². The van der Waals surface area contributed by atoms with E-state index in [4.69, 9.17) is 4.74 Å². The fraction of sp³-hybridized carbons (Fsp3) is 0.214. The number of hydrogen-bond donors (Lipinski definition) is 3. The van der Waals surface area contributed by atoms with Crippen molar-refractivity contribution in [2.45, 2.75) is 33.2 Å². The smallest absolute Gasteiger partial charge is 0.329 e. The second kappa shape index (κ2) is 13.4. The minimum absolute atomic E-state index is 0.173. The van der Waals surface area contributed by atoms with E-state index in [1.807, 2.05) is 49.4 Å². The summed E-state index contributed by atoms with van der Waals surface area (Å²) in [5, 5.41) is 9.22. The summed E-state index contributed by atoms with van der Waals surface area (Å²) in [5.41, 5.74) is 6.56. The molecule has 0 atom stereocenters. The summed E-state index contributed by atoms with van der Waals surface area (Å²) in [6.07, 6.45) is 1.38. The molecule has 3 rings (SSSR count). The zero-order chi connectivity index (χ0) is 26.8. The third kappa shape index (κ3) is 8.88. The standard InChI is InChI=1S/C28H29BrN4O4/c1-18(2)22-9-7-20(8-10-22)15-30-27(35)28(36)33-31-16-21-5-4-6-24(14-21)37-17-26(34)32-25-12-11-23(29)13-19(25)3/h4-14,16,18H,15,17H2,1-3H3,(H,30,35)(H,32,34)(H,33,36)/b31-16-. The third-order valence-corrected chi connectivity index (χ3v) is 5.87. The highest BCUT2D eigenvalue weighted by Crippen LogP contribution is 2.20. The van der Waals surface area contributed by atoms with Gasteiger partial charge in [0.05, 0.1) is 6.21 Å². The van der Waals surface area contributed by atoms with Crippen LogP contribution in [0, 0.1) is 6.92 Å². The highest BCUT2D eigenvalue weighted by Gasteiger charge is 2.12. The number of benzene rings is 3. The second-order valence-electron chi connectivity index (χ2n) is 8.65. The lowest BCUT2D eigenvalue weighted by Crippen LogP contribution is -2.37. The van der Waals surface area contributed by atoms with Crippen molar-refractivity contribution in [3.05, 3.63) is 93.5 Å². The molecular formula is C28H29BrN4O4. The number of carbonyl (C=O) groups is 3. The number of aryl methyl sites for hydroxylation is 1. The molecule has 3 amide bonds. The summed E-state index contributed by atoms with van der Waals surface area (Å²) < 4.78 is 6.50. The average molecular weight is 565 g/mol. The second-order valence-corrected chi connectivity index (χ2v) is 9.56. The summed E-state index contributed by atoms with van der Waals surface area (Å²) in [5.74, 6) is -1.07. The summed E-state index contributed by atoms with van der Waals surface area (Å²) in [6.45, 7) is 6.18. The van der Waals surface area contributed by atoms with Crippen LogP contribution in [0.5, 0.6) is 5.75 Å². The van der Waals surface area contributed by atoms with Gasteiger partial charge in [-0.05, 0) is 65.4 Å². The topological polar surface area (TPSA) is 109 Å². The van der Waals surface area contributed by atoms with Gasteiger partial charge in [-0.25, -0.2) is 5.43 Å². The van der Waals surface area contributed by atoms with Gasteiger partial charge in [-0.3, -0.25) is 14.4 Å². The van der Waals surface area contributed by atoms with Gasteiger partial charge < -0.3 is 15.4 Å². The predicted octanol–water partition coefficient (Wildman–Crippen LogP) is 4.66. The van der Waals surface area contributed by atoms with E-state index < -0.39 is 11.8 Å². The van der Waals surface area contributed by atoms with Crippen LogP contribution in [0.15, 0.2) is 76.3 Å². The highest BCUT2D eigenvalue weighted by atomic mass is 79.9. The van der Waals surface area contributed by atoms with Crippen molar-refractivity contribution in [1.29, 1.82) is 0 Å². The van der Waals surface area contributed by atoms with Gasteiger partial charge in [-0.1, -0.05) is 66.2 Å². The van der Waals surface area contributed by atoms with Crippen LogP contribution in [0.2, 0.25) is 0 Å². The van der Waals surface area contributed by atoms with Gasteiger partial charge in [0.25, 0.3) is 5.91 Å². The van der Waals surface area contributed by atoms with E-state index in [1.165, 1.54) is 11.8 Å². The Morgan fingerprint density at radius 2 is 1.76 bits per heavy atom. The molecule has 0 aliphatic heterocycles. The van der Waals surface area contributed by atoms with E-state index in [9.17, 15) is 14.4 Å². The van der Waals surface area contributed by atoms with E-state index in [-0.39, 0.29) is 19.1 Å². The molecule has 192 valence electrons. The Kier molecular flexibility index (Phi) is 9.97. The van der Waals surface area contributed by atoms with E-state index in [0.717, 1.165) is 15.6 Å². The number of halogens is 1. The first-order valence-electron chi connectivity index (χ1n) is 11.7. The fourth-order valence-corrected chi connectivity index (χ4v) is 3.76. The first kappa shape index (κ1) is 27.6. The van der Waals surface area contributed by atoms with Crippen molar-refractivity contribution < 1.29 is 19.1 Å². The van der Waals surface area contributed by atoms with Crippen molar-refractivity contribution >= 4 is 45.6 Å². The molecule has 0 saturated heterocycles. The normalized spacial score (nSPS) is 10.8. The molecule has 0 aliphatic carbocycles. The molecule has 37 heavy (non-hydrogen) atoms. The Balaban J connectivity index is 1.44. The number of nitrogens with zero attached hydrogens (tertiary/aromatic N) is 1. The lowest BCUT2D eigenvalue weighted by molar-refractivity contribution is -0.139. The van der Waals surface area contributed by atoms with Crippen LogP contribution in [0.25, 0.3) is 0 Å². The molecular weight excluding hydrogens is 536 g/mol. The Morgan fingerprint density at radius 1 is 1.00 bits per heavy atom. The zero-order valence-corrected chi connectivity index (χ0v) is 22.5. The maximum atomic E-state index is 12.2. The number of carbonyl (C=O) groups excluding carboxylic acids is 3. The molecule has 0 heterocycles. The van der Waals surface area contributed by atoms with Gasteiger partial charge in [0.1, 0.15) is 5.75 Å².